The lowest BCUT2D eigenvalue weighted by molar-refractivity contribution is 0.159. The molecule has 4 fully saturated rings. The number of aromatic nitrogens is 2. The van der Waals surface area contributed by atoms with Gasteiger partial charge in [-0.2, -0.15) is 5.26 Å². The van der Waals surface area contributed by atoms with Gasteiger partial charge in [-0.1, -0.05) is 11.6 Å². The van der Waals surface area contributed by atoms with Crippen molar-refractivity contribution in [2.75, 3.05) is 5.32 Å². The molecule has 4 atom stereocenters. The van der Waals surface area contributed by atoms with Crippen LogP contribution >= 0.6 is 11.6 Å². The molecule has 0 saturated heterocycles. The highest BCUT2D eigenvalue weighted by Crippen LogP contribution is 2.47. The number of nitrogens with one attached hydrogen (secondary N) is 1. The molecule has 1 aromatic carbocycles. The maximum atomic E-state index is 13.0. The fourth-order valence-corrected chi connectivity index (χ4v) is 8.20. The SMILES string of the molecule is Cc1c(Nc2ccc(C#N)cc2Cl)ncnc1O[C@H]1C[C@@H]2CC[C@@H](C1)C(S(=O)(=O)C1CC1)C2. The maximum absolute atomic E-state index is 13.0. The number of hydrogen-bond donors (Lipinski definition) is 1. The molecule has 174 valence electrons. The van der Waals surface area contributed by atoms with Gasteiger partial charge in [0, 0.05) is 0 Å². The molecule has 1 N–H and O–H groups in total. The Morgan fingerprint density at radius 2 is 1.97 bits per heavy atom. The van der Waals surface area contributed by atoms with Crippen LogP contribution < -0.4 is 10.1 Å². The van der Waals surface area contributed by atoms with Crippen molar-refractivity contribution in [3.05, 3.63) is 40.7 Å². The van der Waals surface area contributed by atoms with Crippen LogP contribution in [0.4, 0.5) is 11.5 Å². The van der Waals surface area contributed by atoms with Gasteiger partial charge in [-0.05, 0) is 81.9 Å². The van der Waals surface area contributed by atoms with Crippen LogP contribution in [-0.4, -0.2) is 35.0 Å². The van der Waals surface area contributed by atoms with Gasteiger partial charge in [0.15, 0.2) is 9.84 Å². The average molecular weight is 487 g/mol. The summed E-state index contributed by atoms with van der Waals surface area (Å²) in [6, 6.07) is 7.10. The third-order valence-electron chi connectivity index (χ3n) is 7.28. The summed E-state index contributed by atoms with van der Waals surface area (Å²) in [4.78, 5) is 8.70. The van der Waals surface area contributed by atoms with Gasteiger partial charge in [0.25, 0.3) is 0 Å². The van der Waals surface area contributed by atoms with E-state index in [1.807, 2.05) is 6.92 Å². The number of halogens is 1. The van der Waals surface area contributed by atoms with E-state index in [9.17, 15) is 8.42 Å². The number of anilines is 2. The van der Waals surface area contributed by atoms with Crippen LogP contribution in [0.2, 0.25) is 5.02 Å². The van der Waals surface area contributed by atoms with E-state index in [1.165, 1.54) is 6.33 Å². The van der Waals surface area contributed by atoms with Gasteiger partial charge in [-0.3, -0.25) is 0 Å². The Balaban J connectivity index is 1.32. The molecule has 1 unspecified atom stereocenters. The fraction of sp³-hybridized carbons (Fsp3) is 0.542. The zero-order valence-electron chi connectivity index (χ0n) is 18.5. The lowest BCUT2D eigenvalue weighted by atomic mass is 9.84. The molecule has 6 rings (SSSR count). The van der Waals surface area contributed by atoms with Gasteiger partial charge in [-0.15, -0.1) is 0 Å². The van der Waals surface area contributed by atoms with E-state index in [0.29, 0.717) is 33.9 Å². The lowest BCUT2D eigenvalue weighted by Crippen LogP contribution is -2.36. The lowest BCUT2D eigenvalue weighted by Gasteiger charge is -2.32. The average Bonchev–Trinajstić information content (AvgIpc) is 3.65. The van der Waals surface area contributed by atoms with Crippen LogP contribution in [-0.2, 0) is 9.84 Å². The Morgan fingerprint density at radius 3 is 2.70 bits per heavy atom. The molecule has 4 saturated carbocycles. The van der Waals surface area contributed by atoms with Crippen molar-refractivity contribution in [2.24, 2.45) is 11.8 Å². The number of hydrogen-bond acceptors (Lipinski definition) is 7. The molecule has 0 aliphatic heterocycles. The number of nitrogens with zero attached hydrogens (tertiary/aromatic N) is 3. The van der Waals surface area contributed by atoms with Gasteiger partial charge in [0.2, 0.25) is 5.88 Å². The third kappa shape index (κ3) is 4.53. The molecule has 7 nitrogen and oxygen atoms in total. The Bertz CT molecular complexity index is 1210. The molecular weight excluding hydrogens is 460 g/mol. The van der Waals surface area contributed by atoms with Crippen molar-refractivity contribution < 1.29 is 13.2 Å². The minimum absolute atomic E-state index is 0.0538. The molecular formula is C24H27ClN4O3S. The van der Waals surface area contributed by atoms with Gasteiger partial charge >= 0.3 is 0 Å². The molecule has 9 heteroatoms. The summed E-state index contributed by atoms with van der Waals surface area (Å²) in [5, 5.41) is 12.4. The van der Waals surface area contributed by atoms with Crippen molar-refractivity contribution in [1.82, 2.24) is 9.97 Å². The number of rotatable bonds is 6. The quantitative estimate of drug-likeness (QED) is 0.615. The van der Waals surface area contributed by atoms with E-state index >= 15 is 0 Å². The smallest absolute Gasteiger partial charge is 0.221 e. The van der Waals surface area contributed by atoms with Gasteiger partial charge in [0.05, 0.1) is 38.4 Å². The molecule has 0 spiro atoms. The van der Waals surface area contributed by atoms with Crippen molar-refractivity contribution >= 4 is 32.9 Å². The predicted octanol–water partition coefficient (Wildman–Crippen LogP) is 4.96. The number of fused-ring (bicyclic) bond motifs is 4. The standard InChI is InChI=1S/C24H27ClN4O3S/c1-14-23(29-21-7-3-16(12-26)9-20(21)25)27-13-28-24(14)32-18-8-15-2-4-17(11-18)22(10-15)33(30,31)19-5-6-19/h3,7,9,13,15,17-19,22H,2,4-6,8,10-11H2,1H3,(H,27,28,29)/t15-,17-,18-,22?/m0/s1. The molecule has 2 aromatic rings. The summed E-state index contributed by atoms with van der Waals surface area (Å²) in [5.74, 6) is 1.63. The number of sulfone groups is 1. The molecule has 1 heterocycles. The van der Waals surface area contributed by atoms with Crippen LogP contribution in [0, 0.1) is 30.1 Å². The van der Waals surface area contributed by atoms with E-state index in [4.69, 9.17) is 21.6 Å². The molecule has 4 aliphatic carbocycles. The second kappa shape index (κ2) is 8.77. The largest absolute Gasteiger partial charge is 0.474 e. The minimum atomic E-state index is -3.02. The molecule has 33 heavy (non-hydrogen) atoms. The number of ether oxygens (including phenoxy) is 1. The van der Waals surface area contributed by atoms with E-state index in [1.54, 1.807) is 18.2 Å². The van der Waals surface area contributed by atoms with Crippen molar-refractivity contribution in [3.8, 4) is 11.9 Å². The van der Waals surface area contributed by atoms with E-state index < -0.39 is 9.84 Å². The minimum Gasteiger partial charge on any atom is -0.474 e. The molecule has 0 amide bonds. The Hall–Kier alpha value is -2.37. The monoisotopic (exact) mass is 486 g/mol. The van der Waals surface area contributed by atoms with E-state index in [-0.39, 0.29) is 22.5 Å². The highest BCUT2D eigenvalue weighted by Gasteiger charge is 2.49. The number of benzene rings is 1. The Morgan fingerprint density at radius 1 is 1.15 bits per heavy atom. The summed E-state index contributed by atoms with van der Waals surface area (Å²) in [6.45, 7) is 1.89. The van der Waals surface area contributed by atoms with Crippen LogP contribution in [0.15, 0.2) is 24.5 Å². The van der Waals surface area contributed by atoms with E-state index in [0.717, 1.165) is 50.5 Å². The fourth-order valence-electron chi connectivity index (χ4n) is 5.36. The summed E-state index contributed by atoms with van der Waals surface area (Å²) >= 11 is 6.30. The first kappa shape index (κ1) is 22.4. The number of nitriles is 1. The summed E-state index contributed by atoms with van der Waals surface area (Å²) in [5.41, 5.74) is 1.89. The second-order valence-electron chi connectivity index (χ2n) is 9.56. The highest BCUT2D eigenvalue weighted by atomic mass is 35.5. The highest BCUT2D eigenvalue weighted by molar-refractivity contribution is 7.92. The Kier molecular flexibility index (Phi) is 5.96. The summed E-state index contributed by atoms with van der Waals surface area (Å²) < 4.78 is 32.4. The van der Waals surface area contributed by atoms with E-state index in [2.05, 4.69) is 21.4 Å². The van der Waals surface area contributed by atoms with Crippen molar-refractivity contribution in [3.63, 3.8) is 0 Å². The van der Waals surface area contributed by atoms with Crippen molar-refractivity contribution in [1.29, 1.82) is 5.26 Å². The Labute approximate surface area is 199 Å². The molecule has 4 aliphatic rings. The van der Waals surface area contributed by atoms with Crippen molar-refractivity contribution in [2.45, 2.75) is 68.5 Å². The van der Waals surface area contributed by atoms with Crippen LogP contribution in [0.3, 0.4) is 0 Å². The predicted molar refractivity (Wildman–Crippen MR) is 126 cm³/mol. The molecule has 0 radical (unpaired) electrons. The second-order valence-corrected chi connectivity index (χ2v) is 12.4. The van der Waals surface area contributed by atoms with Gasteiger partial charge < -0.3 is 10.1 Å². The molecule has 1 aromatic heterocycles. The zero-order chi connectivity index (χ0) is 23.2. The van der Waals surface area contributed by atoms with Crippen LogP contribution in [0.1, 0.15) is 56.1 Å². The summed E-state index contributed by atoms with van der Waals surface area (Å²) in [7, 11) is -3.02. The van der Waals surface area contributed by atoms with Gasteiger partial charge in [0.1, 0.15) is 18.2 Å². The van der Waals surface area contributed by atoms with Gasteiger partial charge in [-0.25, -0.2) is 18.4 Å². The van der Waals surface area contributed by atoms with Crippen LogP contribution in [0.5, 0.6) is 5.88 Å². The zero-order valence-corrected chi connectivity index (χ0v) is 20.1. The normalized spacial score (nSPS) is 26.9. The van der Waals surface area contributed by atoms with Crippen LogP contribution in [0.25, 0.3) is 0 Å². The molecule has 2 bridgehead atoms. The maximum Gasteiger partial charge on any atom is 0.221 e. The first-order valence-corrected chi connectivity index (χ1v) is 13.5. The first-order valence-electron chi connectivity index (χ1n) is 11.5. The summed E-state index contributed by atoms with van der Waals surface area (Å²) in [6.07, 6.45) is 7.49. The first-order chi connectivity index (χ1) is 15.8. The third-order valence-corrected chi connectivity index (χ3v) is 10.4. The topological polar surface area (TPSA) is 105 Å².